The average molecular weight is 396 g/mol. The zero-order chi connectivity index (χ0) is 20.5. The molecular formula is C22H25FN4O2. The minimum Gasteiger partial charge on any atom is -0.494 e. The minimum absolute atomic E-state index is 0.128. The second kappa shape index (κ2) is 10.3. The molecule has 0 saturated heterocycles. The molecule has 152 valence electrons. The van der Waals surface area contributed by atoms with Crippen LogP contribution in [0.4, 0.5) is 9.18 Å². The average Bonchev–Trinajstić information content (AvgIpc) is 3.21. The summed E-state index contributed by atoms with van der Waals surface area (Å²) in [5, 5.41) is 7.25. The van der Waals surface area contributed by atoms with Gasteiger partial charge < -0.3 is 15.0 Å². The largest absolute Gasteiger partial charge is 0.494 e. The van der Waals surface area contributed by atoms with Gasteiger partial charge in [-0.1, -0.05) is 18.2 Å². The van der Waals surface area contributed by atoms with Gasteiger partial charge in [-0.05, 0) is 49.2 Å². The molecule has 2 aromatic carbocycles. The molecule has 1 N–H and O–H groups in total. The van der Waals surface area contributed by atoms with Gasteiger partial charge in [0, 0.05) is 25.4 Å². The standard InChI is InChI=1S/C22H25FN4O2/c1-26(16-18-15-25-27(17-18)20-7-3-2-4-8-20)22(28)24-13-5-6-14-29-21-11-9-19(23)10-12-21/h2-4,7-12,15,17H,5-6,13-14,16H2,1H3,(H,24,28). The molecule has 0 spiro atoms. The summed E-state index contributed by atoms with van der Waals surface area (Å²) in [7, 11) is 1.76. The molecule has 0 radical (unpaired) electrons. The van der Waals surface area contributed by atoms with Crippen LogP contribution in [-0.2, 0) is 6.54 Å². The number of unbranched alkanes of at least 4 members (excludes halogenated alkanes) is 1. The molecule has 0 bridgehead atoms. The van der Waals surface area contributed by atoms with Crippen LogP contribution in [-0.4, -0.2) is 40.9 Å². The first-order valence-corrected chi connectivity index (χ1v) is 9.58. The number of rotatable bonds is 9. The van der Waals surface area contributed by atoms with Crippen LogP contribution in [0, 0.1) is 5.82 Å². The maximum absolute atomic E-state index is 12.8. The van der Waals surface area contributed by atoms with Crippen molar-refractivity contribution in [3.8, 4) is 11.4 Å². The van der Waals surface area contributed by atoms with E-state index in [2.05, 4.69) is 10.4 Å². The quantitative estimate of drug-likeness (QED) is 0.556. The third-order valence-corrected chi connectivity index (χ3v) is 4.35. The van der Waals surface area contributed by atoms with Crippen molar-refractivity contribution >= 4 is 6.03 Å². The fourth-order valence-corrected chi connectivity index (χ4v) is 2.79. The van der Waals surface area contributed by atoms with E-state index in [1.165, 1.54) is 12.1 Å². The zero-order valence-corrected chi connectivity index (χ0v) is 16.4. The van der Waals surface area contributed by atoms with E-state index in [1.54, 1.807) is 35.0 Å². The number of nitrogens with zero attached hydrogens (tertiary/aromatic N) is 3. The van der Waals surface area contributed by atoms with Gasteiger partial charge in [0.25, 0.3) is 0 Å². The van der Waals surface area contributed by atoms with Crippen molar-refractivity contribution in [1.29, 1.82) is 0 Å². The van der Waals surface area contributed by atoms with Gasteiger partial charge in [-0.15, -0.1) is 0 Å². The van der Waals surface area contributed by atoms with Crippen LogP contribution in [0.15, 0.2) is 67.0 Å². The van der Waals surface area contributed by atoms with Crippen molar-refractivity contribution in [2.24, 2.45) is 0 Å². The number of para-hydroxylation sites is 1. The maximum atomic E-state index is 12.8. The number of hydrogen-bond acceptors (Lipinski definition) is 3. The van der Waals surface area contributed by atoms with Gasteiger partial charge in [0.1, 0.15) is 11.6 Å². The first-order chi connectivity index (χ1) is 14.1. The van der Waals surface area contributed by atoms with Crippen molar-refractivity contribution in [3.05, 3.63) is 78.4 Å². The van der Waals surface area contributed by atoms with Gasteiger partial charge in [0.05, 0.1) is 25.0 Å². The predicted octanol–water partition coefficient (Wildman–Crippen LogP) is 4.01. The molecule has 0 aliphatic carbocycles. The monoisotopic (exact) mass is 396 g/mol. The SMILES string of the molecule is CN(Cc1cnn(-c2ccccc2)c1)C(=O)NCCCCOc1ccc(F)cc1. The lowest BCUT2D eigenvalue weighted by molar-refractivity contribution is 0.206. The summed E-state index contributed by atoms with van der Waals surface area (Å²) in [5.74, 6) is 0.364. The molecule has 1 aromatic heterocycles. The van der Waals surface area contributed by atoms with Crippen LogP contribution in [0.2, 0.25) is 0 Å². The number of urea groups is 1. The van der Waals surface area contributed by atoms with Gasteiger partial charge in [-0.3, -0.25) is 0 Å². The van der Waals surface area contributed by atoms with E-state index in [1.807, 2.05) is 36.5 Å². The Labute approximate surface area is 169 Å². The van der Waals surface area contributed by atoms with Gasteiger partial charge >= 0.3 is 6.03 Å². The van der Waals surface area contributed by atoms with Crippen LogP contribution in [0.25, 0.3) is 5.69 Å². The van der Waals surface area contributed by atoms with Crippen molar-refractivity contribution in [2.75, 3.05) is 20.2 Å². The summed E-state index contributed by atoms with van der Waals surface area (Å²) in [6.45, 7) is 1.57. The second-order valence-corrected chi connectivity index (χ2v) is 6.73. The summed E-state index contributed by atoms with van der Waals surface area (Å²) in [6.07, 6.45) is 5.29. The van der Waals surface area contributed by atoms with E-state index in [0.29, 0.717) is 25.4 Å². The molecule has 0 unspecified atom stereocenters. The lowest BCUT2D eigenvalue weighted by Crippen LogP contribution is -2.37. The Morgan fingerprint density at radius 2 is 1.90 bits per heavy atom. The van der Waals surface area contributed by atoms with Gasteiger partial charge in [0.15, 0.2) is 0 Å². The molecule has 2 amide bonds. The molecule has 0 aliphatic heterocycles. The number of halogens is 1. The van der Waals surface area contributed by atoms with Crippen LogP contribution in [0.3, 0.4) is 0 Å². The molecule has 7 heteroatoms. The molecule has 0 aliphatic rings. The highest BCUT2D eigenvalue weighted by molar-refractivity contribution is 5.73. The molecule has 0 atom stereocenters. The highest BCUT2D eigenvalue weighted by Gasteiger charge is 2.10. The number of amides is 2. The molecule has 0 saturated carbocycles. The summed E-state index contributed by atoms with van der Waals surface area (Å²) < 4.78 is 20.2. The molecule has 6 nitrogen and oxygen atoms in total. The van der Waals surface area contributed by atoms with E-state index < -0.39 is 0 Å². The van der Waals surface area contributed by atoms with Crippen molar-refractivity contribution in [2.45, 2.75) is 19.4 Å². The van der Waals surface area contributed by atoms with Crippen LogP contribution in [0.1, 0.15) is 18.4 Å². The zero-order valence-electron chi connectivity index (χ0n) is 16.4. The summed E-state index contributed by atoms with van der Waals surface area (Å²) >= 11 is 0. The lowest BCUT2D eigenvalue weighted by Gasteiger charge is -2.17. The van der Waals surface area contributed by atoms with Crippen LogP contribution < -0.4 is 10.1 Å². The first-order valence-electron chi connectivity index (χ1n) is 9.58. The highest BCUT2D eigenvalue weighted by atomic mass is 19.1. The Morgan fingerprint density at radius 1 is 1.14 bits per heavy atom. The van der Waals surface area contributed by atoms with E-state index in [-0.39, 0.29) is 11.8 Å². The second-order valence-electron chi connectivity index (χ2n) is 6.73. The van der Waals surface area contributed by atoms with E-state index in [0.717, 1.165) is 24.1 Å². The summed E-state index contributed by atoms with van der Waals surface area (Å²) in [5.41, 5.74) is 1.94. The van der Waals surface area contributed by atoms with E-state index in [4.69, 9.17) is 4.74 Å². The van der Waals surface area contributed by atoms with Crippen LogP contribution >= 0.6 is 0 Å². The maximum Gasteiger partial charge on any atom is 0.317 e. The third-order valence-electron chi connectivity index (χ3n) is 4.35. The fraction of sp³-hybridized carbons (Fsp3) is 0.273. The Hall–Kier alpha value is -3.35. The Morgan fingerprint density at radius 3 is 2.66 bits per heavy atom. The molecule has 1 heterocycles. The third kappa shape index (κ3) is 6.34. The Bertz CT molecular complexity index is 897. The van der Waals surface area contributed by atoms with E-state index >= 15 is 0 Å². The topological polar surface area (TPSA) is 59.4 Å². The first kappa shape index (κ1) is 20.4. The number of ether oxygens (including phenoxy) is 1. The summed E-state index contributed by atoms with van der Waals surface area (Å²) in [4.78, 5) is 13.9. The number of hydrogen-bond donors (Lipinski definition) is 1. The number of benzene rings is 2. The summed E-state index contributed by atoms with van der Waals surface area (Å²) in [6, 6.07) is 15.7. The number of aromatic nitrogens is 2. The Balaban J connectivity index is 1.33. The molecule has 3 rings (SSSR count). The normalized spacial score (nSPS) is 10.6. The molecule has 3 aromatic rings. The van der Waals surface area contributed by atoms with Gasteiger partial charge in [-0.2, -0.15) is 5.10 Å². The molecular weight excluding hydrogens is 371 g/mol. The highest BCUT2D eigenvalue weighted by Crippen LogP contribution is 2.11. The predicted molar refractivity (Wildman–Crippen MR) is 110 cm³/mol. The minimum atomic E-state index is -0.281. The van der Waals surface area contributed by atoms with Crippen molar-refractivity contribution in [1.82, 2.24) is 20.0 Å². The van der Waals surface area contributed by atoms with Crippen molar-refractivity contribution in [3.63, 3.8) is 0 Å². The van der Waals surface area contributed by atoms with Crippen molar-refractivity contribution < 1.29 is 13.9 Å². The van der Waals surface area contributed by atoms with E-state index in [9.17, 15) is 9.18 Å². The number of nitrogens with one attached hydrogen (secondary N) is 1. The smallest absolute Gasteiger partial charge is 0.317 e. The molecule has 0 fully saturated rings. The lowest BCUT2D eigenvalue weighted by atomic mass is 10.3. The molecule has 29 heavy (non-hydrogen) atoms. The van der Waals surface area contributed by atoms with Gasteiger partial charge in [0.2, 0.25) is 0 Å². The van der Waals surface area contributed by atoms with Crippen LogP contribution in [0.5, 0.6) is 5.75 Å². The Kier molecular flexibility index (Phi) is 7.22. The fourth-order valence-electron chi connectivity index (χ4n) is 2.79. The van der Waals surface area contributed by atoms with Gasteiger partial charge in [-0.25, -0.2) is 13.9 Å². The number of carbonyl (C=O) groups is 1. The number of carbonyl (C=O) groups excluding carboxylic acids is 1.